The summed E-state index contributed by atoms with van der Waals surface area (Å²) in [6, 6.07) is 7.73. The number of carbonyl (C=O) groups excluding carboxylic acids is 1. The van der Waals surface area contributed by atoms with Gasteiger partial charge in [-0.3, -0.25) is 4.79 Å². The Morgan fingerprint density at radius 3 is 2.68 bits per heavy atom. The first kappa shape index (κ1) is 13.4. The summed E-state index contributed by atoms with van der Waals surface area (Å²) in [4.78, 5) is 24.2. The maximum atomic E-state index is 11.8. The topological polar surface area (TPSA) is 69.6 Å². The van der Waals surface area contributed by atoms with Crippen LogP contribution in [0.2, 0.25) is 0 Å². The Bertz CT molecular complexity index is 484. The minimum Gasteiger partial charge on any atom is -0.481 e. The Morgan fingerprint density at radius 1 is 1.47 bits per heavy atom. The van der Waals surface area contributed by atoms with Crippen LogP contribution in [-0.2, 0) is 4.79 Å². The molecule has 0 spiro atoms. The molecule has 1 saturated heterocycles. The summed E-state index contributed by atoms with van der Waals surface area (Å²) in [6.45, 7) is 4.37. The van der Waals surface area contributed by atoms with Crippen LogP contribution in [0.25, 0.3) is 0 Å². The Balaban J connectivity index is 2.03. The summed E-state index contributed by atoms with van der Waals surface area (Å²) in [6.07, 6.45) is 0. The molecule has 0 bridgehead atoms. The standard InChI is InChI=1S/C14H18N2O3/c1-9-3-5-11(6-4-9)12-8-16(14(19)15-12)7-10(2)13(17)18/h3-6,10,12H,7-8H2,1-2H3,(H,15,19)(H,17,18). The van der Waals surface area contributed by atoms with Gasteiger partial charge in [-0.1, -0.05) is 36.8 Å². The second kappa shape index (κ2) is 5.30. The van der Waals surface area contributed by atoms with Crippen molar-refractivity contribution in [3.05, 3.63) is 35.4 Å². The third-order valence-electron chi connectivity index (χ3n) is 3.38. The number of benzene rings is 1. The van der Waals surface area contributed by atoms with Gasteiger partial charge in [0.1, 0.15) is 0 Å². The first-order chi connectivity index (χ1) is 8.97. The highest BCUT2D eigenvalue weighted by Crippen LogP contribution is 2.21. The van der Waals surface area contributed by atoms with E-state index in [1.165, 1.54) is 5.56 Å². The molecule has 2 rings (SSSR count). The fourth-order valence-electron chi connectivity index (χ4n) is 2.14. The maximum absolute atomic E-state index is 11.8. The van der Waals surface area contributed by atoms with Crippen LogP contribution in [0.5, 0.6) is 0 Å². The third-order valence-corrected chi connectivity index (χ3v) is 3.38. The Labute approximate surface area is 112 Å². The number of aryl methyl sites for hydroxylation is 1. The number of nitrogens with one attached hydrogen (secondary N) is 1. The largest absolute Gasteiger partial charge is 0.481 e. The summed E-state index contributed by atoms with van der Waals surface area (Å²) in [5.41, 5.74) is 2.22. The molecule has 5 heteroatoms. The molecule has 1 aliphatic heterocycles. The number of carboxylic acids is 1. The van der Waals surface area contributed by atoms with E-state index in [9.17, 15) is 9.59 Å². The first-order valence-electron chi connectivity index (χ1n) is 6.32. The molecule has 2 N–H and O–H groups in total. The SMILES string of the molecule is Cc1ccc(C2CN(CC(C)C(=O)O)C(=O)N2)cc1. The maximum Gasteiger partial charge on any atom is 0.318 e. The Kier molecular flexibility index (Phi) is 3.74. The van der Waals surface area contributed by atoms with Crippen LogP contribution in [0.4, 0.5) is 4.79 Å². The van der Waals surface area contributed by atoms with Gasteiger partial charge in [-0.2, -0.15) is 0 Å². The van der Waals surface area contributed by atoms with Gasteiger partial charge in [0.2, 0.25) is 0 Å². The zero-order valence-corrected chi connectivity index (χ0v) is 11.1. The Hall–Kier alpha value is -2.04. The minimum atomic E-state index is -0.883. The van der Waals surface area contributed by atoms with E-state index in [0.29, 0.717) is 6.54 Å². The fourth-order valence-corrected chi connectivity index (χ4v) is 2.14. The van der Waals surface area contributed by atoms with Crippen molar-refractivity contribution in [1.82, 2.24) is 10.2 Å². The lowest BCUT2D eigenvalue weighted by Crippen LogP contribution is -2.34. The molecular formula is C14H18N2O3. The van der Waals surface area contributed by atoms with Gasteiger partial charge < -0.3 is 15.3 Å². The molecular weight excluding hydrogens is 244 g/mol. The molecule has 1 aromatic rings. The zero-order chi connectivity index (χ0) is 14.0. The third kappa shape index (κ3) is 3.05. The van der Waals surface area contributed by atoms with Crippen LogP contribution in [0.15, 0.2) is 24.3 Å². The summed E-state index contributed by atoms with van der Waals surface area (Å²) in [7, 11) is 0. The fraction of sp³-hybridized carbons (Fsp3) is 0.429. The first-order valence-corrected chi connectivity index (χ1v) is 6.32. The number of urea groups is 1. The summed E-state index contributed by atoms with van der Waals surface area (Å²) < 4.78 is 0. The van der Waals surface area contributed by atoms with Gasteiger partial charge >= 0.3 is 12.0 Å². The predicted molar refractivity (Wildman–Crippen MR) is 70.8 cm³/mol. The zero-order valence-electron chi connectivity index (χ0n) is 11.1. The molecule has 2 amide bonds. The van der Waals surface area contributed by atoms with Gasteiger partial charge in [-0.25, -0.2) is 4.79 Å². The average Bonchev–Trinajstić information content (AvgIpc) is 2.71. The van der Waals surface area contributed by atoms with Crippen molar-refractivity contribution in [2.45, 2.75) is 19.9 Å². The molecule has 102 valence electrons. The number of hydrogen-bond acceptors (Lipinski definition) is 2. The molecule has 1 fully saturated rings. The lowest BCUT2D eigenvalue weighted by Gasteiger charge is -2.17. The lowest BCUT2D eigenvalue weighted by atomic mass is 10.1. The van der Waals surface area contributed by atoms with Gasteiger partial charge in [0.25, 0.3) is 0 Å². The van der Waals surface area contributed by atoms with E-state index in [2.05, 4.69) is 5.32 Å². The van der Waals surface area contributed by atoms with E-state index in [4.69, 9.17) is 5.11 Å². The predicted octanol–water partition coefficient (Wildman–Crippen LogP) is 1.78. The average molecular weight is 262 g/mol. The number of carbonyl (C=O) groups is 2. The van der Waals surface area contributed by atoms with E-state index in [-0.39, 0.29) is 18.6 Å². The van der Waals surface area contributed by atoms with Crippen LogP contribution in [-0.4, -0.2) is 35.1 Å². The van der Waals surface area contributed by atoms with E-state index in [1.807, 2.05) is 31.2 Å². The van der Waals surface area contributed by atoms with Crippen LogP contribution in [0.1, 0.15) is 24.1 Å². The number of hydrogen-bond donors (Lipinski definition) is 2. The van der Waals surface area contributed by atoms with Crippen LogP contribution in [0, 0.1) is 12.8 Å². The highest BCUT2D eigenvalue weighted by molar-refractivity contribution is 5.78. The van der Waals surface area contributed by atoms with Crippen molar-refractivity contribution in [2.24, 2.45) is 5.92 Å². The van der Waals surface area contributed by atoms with Gasteiger partial charge in [-0.05, 0) is 12.5 Å². The van der Waals surface area contributed by atoms with Crippen LogP contribution in [0.3, 0.4) is 0 Å². The van der Waals surface area contributed by atoms with Crippen molar-refractivity contribution < 1.29 is 14.7 Å². The molecule has 1 aromatic carbocycles. The number of amides is 2. The highest BCUT2D eigenvalue weighted by atomic mass is 16.4. The molecule has 2 atom stereocenters. The molecule has 0 aliphatic carbocycles. The summed E-state index contributed by atoms with van der Waals surface area (Å²) in [5.74, 6) is -1.44. The number of rotatable bonds is 4. The number of nitrogens with zero attached hydrogens (tertiary/aromatic N) is 1. The van der Waals surface area contributed by atoms with Crippen molar-refractivity contribution in [3.63, 3.8) is 0 Å². The lowest BCUT2D eigenvalue weighted by molar-refractivity contribution is -0.141. The van der Waals surface area contributed by atoms with Gasteiger partial charge in [-0.15, -0.1) is 0 Å². The van der Waals surface area contributed by atoms with Gasteiger partial charge in [0.05, 0.1) is 12.0 Å². The van der Waals surface area contributed by atoms with E-state index in [0.717, 1.165) is 5.56 Å². The van der Waals surface area contributed by atoms with Gasteiger partial charge in [0, 0.05) is 13.1 Å². The second-order valence-corrected chi connectivity index (χ2v) is 5.06. The Morgan fingerprint density at radius 2 is 2.11 bits per heavy atom. The summed E-state index contributed by atoms with van der Waals surface area (Å²) in [5, 5.41) is 11.8. The van der Waals surface area contributed by atoms with Crippen molar-refractivity contribution in [1.29, 1.82) is 0 Å². The normalized spacial score (nSPS) is 20.2. The highest BCUT2D eigenvalue weighted by Gasteiger charge is 2.31. The minimum absolute atomic E-state index is 0.0610. The second-order valence-electron chi connectivity index (χ2n) is 5.06. The molecule has 0 aromatic heterocycles. The molecule has 5 nitrogen and oxygen atoms in total. The molecule has 1 heterocycles. The molecule has 2 unspecified atom stereocenters. The van der Waals surface area contributed by atoms with Crippen molar-refractivity contribution in [2.75, 3.05) is 13.1 Å². The number of carboxylic acid groups (broad SMARTS) is 1. The molecule has 0 radical (unpaired) electrons. The van der Waals surface area contributed by atoms with E-state index >= 15 is 0 Å². The molecule has 0 saturated carbocycles. The van der Waals surface area contributed by atoms with E-state index in [1.54, 1.807) is 11.8 Å². The smallest absolute Gasteiger partial charge is 0.318 e. The van der Waals surface area contributed by atoms with Crippen LogP contribution < -0.4 is 5.32 Å². The van der Waals surface area contributed by atoms with Crippen molar-refractivity contribution >= 4 is 12.0 Å². The molecule has 1 aliphatic rings. The monoisotopic (exact) mass is 262 g/mol. The van der Waals surface area contributed by atoms with Gasteiger partial charge in [0.15, 0.2) is 0 Å². The van der Waals surface area contributed by atoms with Crippen molar-refractivity contribution in [3.8, 4) is 0 Å². The van der Waals surface area contributed by atoms with E-state index < -0.39 is 11.9 Å². The molecule has 19 heavy (non-hydrogen) atoms. The summed E-state index contributed by atoms with van der Waals surface area (Å²) >= 11 is 0. The van der Waals surface area contributed by atoms with Crippen LogP contribution >= 0.6 is 0 Å². The number of aliphatic carboxylic acids is 1. The quantitative estimate of drug-likeness (QED) is 0.869.